The lowest BCUT2D eigenvalue weighted by Crippen LogP contribution is -2.47. The van der Waals surface area contributed by atoms with Crippen molar-refractivity contribution in [2.24, 2.45) is 5.73 Å². The van der Waals surface area contributed by atoms with Gasteiger partial charge in [0.2, 0.25) is 0 Å². The van der Waals surface area contributed by atoms with Gasteiger partial charge in [-0.3, -0.25) is 4.90 Å². The highest BCUT2D eigenvalue weighted by molar-refractivity contribution is 7.80. The average Bonchev–Trinajstić information content (AvgIpc) is 2.31. The van der Waals surface area contributed by atoms with Crippen LogP contribution in [0.4, 0.5) is 0 Å². The highest BCUT2D eigenvalue weighted by Crippen LogP contribution is 2.00. The molecule has 0 aliphatic carbocycles. The molecule has 1 heterocycles. The maximum absolute atomic E-state index is 5.54. The van der Waals surface area contributed by atoms with E-state index in [1.165, 1.54) is 32.7 Å². The zero-order valence-corrected chi connectivity index (χ0v) is 12.0. The van der Waals surface area contributed by atoms with Crippen LogP contribution < -0.4 is 5.73 Å². The largest absolute Gasteiger partial charge is 0.393 e. The van der Waals surface area contributed by atoms with E-state index in [1.54, 1.807) is 0 Å². The van der Waals surface area contributed by atoms with Crippen LogP contribution in [-0.2, 0) is 0 Å². The SMILES string of the molecule is CCN(CCC(N)=S)CCN1CCN(C)CC1. The van der Waals surface area contributed by atoms with Crippen molar-refractivity contribution in [3.8, 4) is 0 Å². The predicted octanol–water partition coefficient (Wildman–Crippen LogP) is 0.232. The topological polar surface area (TPSA) is 35.7 Å². The molecule has 0 aromatic carbocycles. The zero-order valence-electron chi connectivity index (χ0n) is 11.2. The molecule has 2 N–H and O–H groups in total. The number of hydrogen-bond donors (Lipinski definition) is 1. The predicted molar refractivity (Wildman–Crippen MR) is 77.5 cm³/mol. The molecule has 0 unspecified atom stereocenters. The summed E-state index contributed by atoms with van der Waals surface area (Å²) in [5.41, 5.74) is 5.54. The van der Waals surface area contributed by atoms with Gasteiger partial charge in [0.25, 0.3) is 0 Å². The summed E-state index contributed by atoms with van der Waals surface area (Å²) in [5, 5.41) is 0. The Morgan fingerprint density at radius 1 is 1.24 bits per heavy atom. The molecule has 1 fully saturated rings. The zero-order chi connectivity index (χ0) is 12.7. The van der Waals surface area contributed by atoms with E-state index in [-0.39, 0.29) is 0 Å². The van der Waals surface area contributed by atoms with Gasteiger partial charge in [-0.25, -0.2) is 0 Å². The maximum atomic E-state index is 5.54. The molecule has 0 saturated carbocycles. The second-order valence-corrected chi connectivity index (χ2v) is 5.32. The Labute approximate surface area is 111 Å². The number of nitrogens with two attached hydrogens (primary N) is 1. The number of nitrogens with zero attached hydrogens (tertiary/aromatic N) is 3. The summed E-state index contributed by atoms with van der Waals surface area (Å²) in [6.45, 7) is 11.4. The van der Waals surface area contributed by atoms with Crippen molar-refractivity contribution in [1.82, 2.24) is 14.7 Å². The van der Waals surface area contributed by atoms with Crippen LogP contribution in [0.5, 0.6) is 0 Å². The lowest BCUT2D eigenvalue weighted by molar-refractivity contribution is 0.137. The molecule has 0 spiro atoms. The van der Waals surface area contributed by atoms with Crippen LogP contribution in [0.15, 0.2) is 0 Å². The van der Waals surface area contributed by atoms with E-state index in [2.05, 4.69) is 28.7 Å². The van der Waals surface area contributed by atoms with Crippen LogP contribution in [0, 0.1) is 0 Å². The third-order valence-electron chi connectivity index (χ3n) is 3.45. The van der Waals surface area contributed by atoms with Crippen molar-refractivity contribution in [2.45, 2.75) is 13.3 Å². The molecular formula is C12H26N4S. The lowest BCUT2D eigenvalue weighted by atomic mass is 10.3. The Hall–Kier alpha value is -0.230. The smallest absolute Gasteiger partial charge is 0.0740 e. The first-order chi connectivity index (χ1) is 8.11. The minimum atomic E-state index is 0.628. The fourth-order valence-corrected chi connectivity index (χ4v) is 2.14. The Morgan fingerprint density at radius 2 is 1.88 bits per heavy atom. The van der Waals surface area contributed by atoms with E-state index >= 15 is 0 Å². The average molecular weight is 258 g/mol. The van der Waals surface area contributed by atoms with E-state index in [0.717, 1.165) is 26.1 Å². The number of rotatable bonds is 7. The molecule has 5 heteroatoms. The number of thiocarbonyl (C=S) groups is 1. The molecule has 17 heavy (non-hydrogen) atoms. The third-order valence-corrected chi connectivity index (χ3v) is 3.65. The van der Waals surface area contributed by atoms with Crippen LogP contribution in [0.25, 0.3) is 0 Å². The molecular weight excluding hydrogens is 232 g/mol. The number of hydrogen-bond acceptors (Lipinski definition) is 4. The van der Waals surface area contributed by atoms with E-state index in [9.17, 15) is 0 Å². The van der Waals surface area contributed by atoms with Gasteiger partial charge >= 0.3 is 0 Å². The maximum Gasteiger partial charge on any atom is 0.0740 e. The van der Waals surface area contributed by atoms with Gasteiger partial charge in [0.1, 0.15) is 0 Å². The van der Waals surface area contributed by atoms with Crippen LogP contribution in [-0.4, -0.2) is 79.1 Å². The standard InChI is InChI=1S/C12H26N4S/c1-3-15(5-4-12(13)17)10-11-16-8-6-14(2)7-9-16/h3-11H2,1-2H3,(H2,13,17). The van der Waals surface area contributed by atoms with Crippen molar-refractivity contribution in [2.75, 3.05) is 59.4 Å². The number of piperazine rings is 1. The van der Waals surface area contributed by atoms with Gasteiger partial charge in [-0.05, 0) is 13.6 Å². The molecule has 0 aromatic rings. The molecule has 1 aliphatic rings. The summed E-state index contributed by atoms with van der Waals surface area (Å²) in [6, 6.07) is 0. The van der Waals surface area contributed by atoms with Gasteiger partial charge in [-0.2, -0.15) is 0 Å². The Bertz CT molecular complexity index is 227. The molecule has 0 bridgehead atoms. The Balaban J connectivity index is 2.16. The van der Waals surface area contributed by atoms with Crippen LogP contribution >= 0.6 is 12.2 Å². The first-order valence-electron chi connectivity index (χ1n) is 6.53. The van der Waals surface area contributed by atoms with Crippen molar-refractivity contribution in [1.29, 1.82) is 0 Å². The highest BCUT2D eigenvalue weighted by atomic mass is 32.1. The molecule has 100 valence electrons. The first-order valence-corrected chi connectivity index (χ1v) is 6.94. The van der Waals surface area contributed by atoms with Gasteiger partial charge in [-0.1, -0.05) is 19.1 Å². The Morgan fingerprint density at radius 3 is 2.41 bits per heavy atom. The second kappa shape index (κ2) is 7.97. The van der Waals surface area contributed by atoms with Crippen molar-refractivity contribution >= 4 is 17.2 Å². The van der Waals surface area contributed by atoms with E-state index in [0.29, 0.717) is 4.99 Å². The third kappa shape index (κ3) is 6.31. The number of likely N-dealkylation sites (N-methyl/N-ethyl adjacent to an activating group) is 2. The van der Waals surface area contributed by atoms with Crippen molar-refractivity contribution in [3.05, 3.63) is 0 Å². The summed E-state index contributed by atoms with van der Waals surface area (Å²) < 4.78 is 0. The fraction of sp³-hybridized carbons (Fsp3) is 0.917. The molecule has 0 amide bonds. The van der Waals surface area contributed by atoms with Gasteiger partial charge in [-0.15, -0.1) is 0 Å². The van der Waals surface area contributed by atoms with Crippen molar-refractivity contribution < 1.29 is 0 Å². The molecule has 1 rings (SSSR count). The van der Waals surface area contributed by atoms with Crippen molar-refractivity contribution in [3.63, 3.8) is 0 Å². The normalized spacial score (nSPS) is 18.8. The van der Waals surface area contributed by atoms with E-state index in [1.807, 2.05) is 0 Å². The van der Waals surface area contributed by atoms with E-state index < -0.39 is 0 Å². The Kier molecular flexibility index (Phi) is 6.96. The summed E-state index contributed by atoms with van der Waals surface area (Å²) in [5.74, 6) is 0. The molecule has 1 saturated heterocycles. The second-order valence-electron chi connectivity index (χ2n) is 4.80. The molecule has 4 nitrogen and oxygen atoms in total. The quantitative estimate of drug-likeness (QED) is 0.662. The lowest BCUT2D eigenvalue weighted by Gasteiger charge is -2.33. The van der Waals surface area contributed by atoms with Gasteiger partial charge in [0.05, 0.1) is 4.99 Å². The fourth-order valence-electron chi connectivity index (χ4n) is 2.05. The summed E-state index contributed by atoms with van der Waals surface area (Å²) >= 11 is 4.92. The molecule has 1 aliphatic heterocycles. The van der Waals surface area contributed by atoms with Gasteiger partial charge in [0, 0.05) is 52.2 Å². The first kappa shape index (κ1) is 14.8. The van der Waals surface area contributed by atoms with Crippen LogP contribution in [0.2, 0.25) is 0 Å². The monoisotopic (exact) mass is 258 g/mol. The molecule has 0 aromatic heterocycles. The highest BCUT2D eigenvalue weighted by Gasteiger charge is 2.14. The van der Waals surface area contributed by atoms with Crippen LogP contribution in [0.3, 0.4) is 0 Å². The van der Waals surface area contributed by atoms with Gasteiger partial charge in [0.15, 0.2) is 0 Å². The van der Waals surface area contributed by atoms with Gasteiger partial charge < -0.3 is 15.5 Å². The summed E-state index contributed by atoms with van der Waals surface area (Å²) in [6.07, 6.45) is 0.839. The van der Waals surface area contributed by atoms with Crippen LogP contribution in [0.1, 0.15) is 13.3 Å². The van der Waals surface area contributed by atoms with E-state index in [4.69, 9.17) is 18.0 Å². The molecule has 0 atom stereocenters. The summed E-state index contributed by atoms with van der Waals surface area (Å²) in [4.78, 5) is 7.99. The summed E-state index contributed by atoms with van der Waals surface area (Å²) in [7, 11) is 2.19. The minimum Gasteiger partial charge on any atom is -0.393 e. The minimum absolute atomic E-state index is 0.628. The molecule has 0 radical (unpaired) electrons.